The largest absolute Gasteiger partial charge is 0.338 e. The Morgan fingerprint density at radius 3 is 2.63 bits per heavy atom. The van der Waals surface area contributed by atoms with Crippen LogP contribution in [0.2, 0.25) is 0 Å². The van der Waals surface area contributed by atoms with Gasteiger partial charge in [0.05, 0.1) is 0 Å². The number of nitrogens with zero attached hydrogens (tertiary/aromatic N) is 1. The highest BCUT2D eigenvalue weighted by Crippen LogP contribution is 2.38. The summed E-state index contributed by atoms with van der Waals surface area (Å²) in [6.07, 6.45) is 4.01. The van der Waals surface area contributed by atoms with Crippen LogP contribution in [0.1, 0.15) is 40.7 Å². The van der Waals surface area contributed by atoms with Gasteiger partial charge in [0.2, 0.25) is 0 Å². The standard InChI is InChI=1S/C16H20N2O/c19-16(18-9-13-2-1-3-14(13)10-18)11-4-5-12-7-17-8-15(12)6-11/h4-6,13-14,17H,1-3,7-10H2. The summed E-state index contributed by atoms with van der Waals surface area (Å²) in [5.74, 6) is 1.80. The molecule has 0 radical (unpaired) electrons. The maximum atomic E-state index is 12.6. The van der Waals surface area contributed by atoms with Crippen molar-refractivity contribution in [2.24, 2.45) is 11.8 Å². The lowest BCUT2D eigenvalue weighted by Crippen LogP contribution is -2.29. The SMILES string of the molecule is O=C(c1ccc2c(c1)CNC2)N1CC2CCCC2C1. The molecule has 3 aliphatic rings. The van der Waals surface area contributed by atoms with Crippen LogP contribution in [-0.4, -0.2) is 23.9 Å². The van der Waals surface area contributed by atoms with Gasteiger partial charge in [0.1, 0.15) is 0 Å². The average Bonchev–Trinajstić information content (AvgIpc) is 3.11. The highest BCUT2D eigenvalue weighted by atomic mass is 16.2. The number of rotatable bonds is 1. The highest BCUT2D eigenvalue weighted by molar-refractivity contribution is 5.94. The number of amides is 1. The second kappa shape index (κ2) is 4.34. The Hall–Kier alpha value is -1.35. The Balaban J connectivity index is 1.54. The topological polar surface area (TPSA) is 32.3 Å². The van der Waals surface area contributed by atoms with Gasteiger partial charge in [-0.25, -0.2) is 0 Å². The summed E-state index contributed by atoms with van der Waals surface area (Å²) >= 11 is 0. The van der Waals surface area contributed by atoms with E-state index in [1.54, 1.807) is 0 Å². The van der Waals surface area contributed by atoms with Crippen LogP contribution in [0.15, 0.2) is 18.2 Å². The molecule has 19 heavy (non-hydrogen) atoms. The van der Waals surface area contributed by atoms with Gasteiger partial charge in [0, 0.05) is 31.7 Å². The van der Waals surface area contributed by atoms with Gasteiger partial charge in [-0.3, -0.25) is 4.79 Å². The van der Waals surface area contributed by atoms with E-state index in [0.717, 1.165) is 43.6 Å². The third-order valence-corrected chi connectivity index (χ3v) is 5.10. The van der Waals surface area contributed by atoms with Crippen molar-refractivity contribution >= 4 is 5.91 Å². The van der Waals surface area contributed by atoms with Gasteiger partial charge < -0.3 is 10.2 Å². The molecule has 1 N–H and O–H groups in total. The third-order valence-electron chi connectivity index (χ3n) is 5.10. The van der Waals surface area contributed by atoms with Gasteiger partial charge >= 0.3 is 0 Å². The number of benzene rings is 1. The molecule has 0 spiro atoms. The lowest BCUT2D eigenvalue weighted by atomic mass is 10.0. The summed E-state index contributed by atoms with van der Waals surface area (Å²) in [5, 5.41) is 3.33. The minimum Gasteiger partial charge on any atom is -0.338 e. The van der Waals surface area contributed by atoms with Crippen LogP contribution in [0.25, 0.3) is 0 Å². The zero-order valence-corrected chi connectivity index (χ0v) is 11.2. The van der Waals surface area contributed by atoms with Crippen LogP contribution in [0.4, 0.5) is 0 Å². The molecule has 1 saturated carbocycles. The van der Waals surface area contributed by atoms with E-state index in [4.69, 9.17) is 0 Å². The smallest absolute Gasteiger partial charge is 0.253 e. The summed E-state index contributed by atoms with van der Waals surface area (Å²) in [6.45, 7) is 3.82. The molecular weight excluding hydrogens is 236 g/mol. The Labute approximate surface area is 114 Å². The first-order valence-corrected chi connectivity index (χ1v) is 7.43. The lowest BCUT2D eigenvalue weighted by Gasteiger charge is -2.17. The van der Waals surface area contributed by atoms with E-state index in [0.29, 0.717) is 0 Å². The van der Waals surface area contributed by atoms with E-state index in [1.807, 2.05) is 6.07 Å². The number of hydrogen-bond acceptors (Lipinski definition) is 2. The highest BCUT2D eigenvalue weighted by Gasteiger charge is 2.38. The molecule has 0 bridgehead atoms. The predicted molar refractivity (Wildman–Crippen MR) is 73.7 cm³/mol. The number of carbonyl (C=O) groups excluding carboxylic acids is 1. The first-order valence-electron chi connectivity index (χ1n) is 7.43. The van der Waals surface area contributed by atoms with E-state index in [-0.39, 0.29) is 5.91 Å². The van der Waals surface area contributed by atoms with Crippen molar-refractivity contribution in [2.75, 3.05) is 13.1 Å². The van der Waals surface area contributed by atoms with E-state index in [1.165, 1.54) is 30.4 Å². The maximum Gasteiger partial charge on any atom is 0.253 e. The third kappa shape index (κ3) is 1.88. The molecule has 3 heteroatoms. The van der Waals surface area contributed by atoms with Crippen molar-refractivity contribution in [1.29, 1.82) is 0 Å². The molecule has 1 saturated heterocycles. The minimum absolute atomic E-state index is 0.240. The summed E-state index contributed by atoms with van der Waals surface area (Å²) in [4.78, 5) is 14.7. The van der Waals surface area contributed by atoms with Crippen molar-refractivity contribution in [3.63, 3.8) is 0 Å². The van der Waals surface area contributed by atoms with Gasteiger partial charge in [-0.15, -0.1) is 0 Å². The molecule has 2 heterocycles. The second-order valence-corrected chi connectivity index (χ2v) is 6.25. The van der Waals surface area contributed by atoms with Gasteiger partial charge in [0.15, 0.2) is 0 Å². The lowest BCUT2D eigenvalue weighted by molar-refractivity contribution is 0.0780. The maximum absolute atomic E-state index is 12.6. The van der Waals surface area contributed by atoms with Crippen molar-refractivity contribution in [2.45, 2.75) is 32.4 Å². The Kier molecular flexibility index (Phi) is 2.62. The molecule has 1 aromatic carbocycles. The summed E-state index contributed by atoms with van der Waals surface area (Å²) in [7, 11) is 0. The van der Waals surface area contributed by atoms with Gasteiger partial charge in [0.25, 0.3) is 5.91 Å². The number of nitrogens with one attached hydrogen (secondary N) is 1. The Morgan fingerprint density at radius 2 is 1.84 bits per heavy atom. The molecule has 1 aliphatic carbocycles. The van der Waals surface area contributed by atoms with Crippen LogP contribution in [0.5, 0.6) is 0 Å². The van der Waals surface area contributed by atoms with E-state index >= 15 is 0 Å². The second-order valence-electron chi connectivity index (χ2n) is 6.25. The summed E-state index contributed by atoms with van der Waals surface area (Å²) < 4.78 is 0. The van der Waals surface area contributed by atoms with E-state index in [2.05, 4.69) is 22.3 Å². The number of fused-ring (bicyclic) bond motifs is 2. The van der Waals surface area contributed by atoms with Crippen LogP contribution in [-0.2, 0) is 13.1 Å². The first-order chi connectivity index (χ1) is 9.31. The molecule has 2 atom stereocenters. The zero-order valence-electron chi connectivity index (χ0n) is 11.2. The van der Waals surface area contributed by atoms with Gasteiger partial charge in [-0.1, -0.05) is 12.5 Å². The predicted octanol–water partition coefficient (Wildman–Crippen LogP) is 2.16. The monoisotopic (exact) mass is 256 g/mol. The normalized spacial score (nSPS) is 28.5. The summed E-state index contributed by atoms with van der Waals surface area (Å²) in [6, 6.07) is 6.20. The van der Waals surface area contributed by atoms with Gasteiger partial charge in [-0.05, 0) is 47.9 Å². The molecule has 2 aliphatic heterocycles. The van der Waals surface area contributed by atoms with Crippen LogP contribution >= 0.6 is 0 Å². The fourth-order valence-electron chi connectivity index (χ4n) is 4.01. The number of carbonyl (C=O) groups is 1. The average molecular weight is 256 g/mol. The Bertz CT molecular complexity index is 513. The van der Waals surface area contributed by atoms with Crippen LogP contribution in [0.3, 0.4) is 0 Å². The molecule has 2 unspecified atom stereocenters. The minimum atomic E-state index is 0.240. The van der Waals surface area contributed by atoms with Crippen molar-refractivity contribution in [1.82, 2.24) is 10.2 Å². The zero-order chi connectivity index (χ0) is 12.8. The first kappa shape index (κ1) is 11.5. The van der Waals surface area contributed by atoms with Gasteiger partial charge in [-0.2, -0.15) is 0 Å². The molecule has 1 amide bonds. The quantitative estimate of drug-likeness (QED) is 0.835. The van der Waals surface area contributed by atoms with Crippen molar-refractivity contribution in [3.05, 3.63) is 34.9 Å². The fraction of sp³-hybridized carbons (Fsp3) is 0.562. The molecular formula is C16H20N2O. The molecule has 4 rings (SSSR count). The van der Waals surface area contributed by atoms with Crippen molar-refractivity contribution < 1.29 is 4.79 Å². The van der Waals surface area contributed by atoms with Crippen LogP contribution < -0.4 is 5.32 Å². The van der Waals surface area contributed by atoms with Crippen molar-refractivity contribution in [3.8, 4) is 0 Å². The van der Waals surface area contributed by atoms with E-state index in [9.17, 15) is 4.79 Å². The fourth-order valence-corrected chi connectivity index (χ4v) is 4.01. The summed E-state index contributed by atoms with van der Waals surface area (Å²) in [5.41, 5.74) is 3.52. The molecule has 0 aromatic heterocycles. The molecule has 100 valence electrons. The number of hydrogen-bond donors (Lipinski definition) is 1. The Morgan fingerprint density at radius 1 is 1.11 bits per heavy atom. The molecule has 3 nitrogen and oxygen atoms in total. The van der Waals surface area contributed by atoms with E-state index < -0.39 is 0 Å². The number of likely N-dealkylation sites (tertiary alicyclic amines) is 1. The van der Waals surface area contributed by atoms with Crippen LogP contribution in [0, 0.1) is 11.8 Å². The molecule has 1 aromatic rings. The molecule has 2 fully saturated rings.